The number of hydrogen-bond acceptors (Lipinski definition) is 6. The molecule has 158 valence electrons. The first-order chi connectivity index (χ1) is 13.6. The van der Waals surface area contributed by atoms with Gasteiger partial charge in [0.25, 0.3) is 0 Å². The maximum absolute atomic E-state index is 12.0. The number of amides is 1. The molecule has 29 heavy (non-hydrogen) atoms. The summed E-state index contributed by atoms with van der Waals surface area (Å²) in [6.45, 7) is 9.50. The highest BCUT2D eigenvalue weighted by Crippen LogP contribution is 2.24. The molecule has 0 radical (unpaired) electrons. The van der Waals surface area contributed by atoms with Crippen LogP contribution in [0.3, 0.4) is 0 Å². The van der Waals surface area contributed by atoms with E-state index in [0.717, 1.165) is 23.8 Å². The molecule has 1 aromatic carbocycles. The minimum absolute atomic E-state index is 0.265. The second-order valence-electron chi connectivity index (χ2n) is 8.01. The zero-order chi connectivity index (χ0) is 21.6. The zero-order valence-corrected chi connectivity index (χ0v) is 17.7. The van der Waals surface area contributed by atoms with Crippen LogP contribution in [0.2, 0.25) is 0 Å². The SMILES string of the molecule is Cc1c(C)c2ccc(OC(=O)CCCCCNC(=O)OC(C)(C)C)cc2oc1=O. The van der Waals surface area contributed by atoms with Crippen LogP contribution in [0.1, 0.15) is 57.6 Å². The molecule has 0 saturated heterocycles. The molecular formula is C22H29NO6. The minimum atomic E-state index is -0.517. The third-order valence-electron chi connectivity index (χ3n) is 4.39. The number of rotatable bonds is 7. The minimum Gasteiger partial charge on any atom is -0.444 e. The van der Waals surface area contributed by atoms with Crippen LogP contribution in [-0.4, -0.2) is 24.2 Å². The Bertz CT molecular complexity index is 939. The van der Waals surface area contributed by atoms with Gasteiger partial charge < -0.3 is 19.2 Å². The zero-order valence-electron chi connectivity index (χ0n) is 17.7. The second-order valence-corrected chi connectivity index (χ2v) is 8.01. The molecule has 0 aliphatic rings. The van der Waals surface area contributed by atoms with Gasteiger partial charge in [0.1, 0.15) is 16.9 Å². The standard InChI is InChI=1S/C22H29NO6/c1-14-15(2)20(25)28-18-13-16(10-11-17(14)18)27-19(24)9-7-6-8-12-23-21(26)29-22(3,4)5/h10-11,13H,6-9,12H2,1-5H3,(H,23,26). The Morgan fingerprint density at radius 2 is 1.79 bits per heavy atom. The number of ether oxygens (including phenoxy) is 2. The summed E-state index contributed by atoms with van der Waals surface area (Å²) >= 11 is 0. The van der Waals surface area contributed by atoms with E-state index in [0.29, 0.717) is 29.9 Å². The number of benzene rings is 1. The van der Waals surface area contributed by atoms with E-state index in [-0.39, 0.29) is 12.4 Å². The molecule has 1 heterocycles. The maximum Gasteiger partial charge on any atom is 0.407 e. The van der Waals surface area contributed by atoms with Crippen molar-refractivity contribution in [2.75, 3.05) is 6.54 Å². The summed E-state index contributed by atoms with van der Waals surface area (Å²) in [5.41, 5.74) is 0.920. The van der Waals surface area contributed by atoms with Crippen molar-refractivity contribution in [2.24, 2.45) is 0 Å². The van der Waals surface area contributed by atoms with E-state index in [1.54, 1.807) is 25.1 Å². The van der Waals surface area contributed by atoms with Gasteiger partial charge in [-0.3, -0.25) is 4.79 Å². The van der Waals surface area contributed by atoms with Gasteiger partial charge in [-0.2, -0.15) is 0 Å². The lowest BCUT2D eigenvalue weighted by molar-refractivity contribution is -0.134. The van der Waals surface area contributed by atoms with Gasteiger partial charge in [-0.1, -0.05) is 6.42 Å². The average molecular weight is 403 g/mol. The quantitative estimate of drug-likeness (QED) is 0.319. The number of hydrogen-bond donors (Lipinski definition) is 1. The number of carbonyl (C=O) groups excluding carboxylic acids is 2. The summed E-state index contributed by atoms with van der Waals surface area (Å²) in [4.78, 5) is 35.4. The van der Waals surface area contributed by atoms with E-state index in [1.165, 1.54) is 0 Å². The van der Waals surface area contributed by atoms with Crippen LogP contribution < -0.4 is 15.7 Å². The number of aryl methyl sites for hydroxylation is 1. The number of alkyl carbamates (subject to hydrolysis) is 1. The van der Waals surface area contributed by atoms with Gasteiger partial charge in [0.05, 0.1) is 0 Å². The third kappa shape index (κ3) is 6.93. The molecule has 0 fully saturated rings. The highest BCUT2D eigenvalue weighted by atomic mass is 16.6. The van der Waals surface area contributed by atoms with Crippen LogP contribution in [0.5, 0.6) is 5.75 Å². The Kier molecular flexibility index (Phi) is 7.42. The van der Waals surface area contributed by atoms with Crippen LogP contribution in [-0.2, 0) is 9.53 Å². The van der Waals surface area contributed by atoms with Crippen molar-refractivity contribution in [3.63, 3.8) is 0 Å². The first-order valence-electron chi connectivity index (χ1n) is 9.78. The Labute approximate surface area is 170 Å². The number of fused-ring (bicyclic) bond motifs is 1. The molecule has 0 atom stereocenters. The summed E-state index contributed by atoms with van der Waals surface area (Å²) in [5, 5.41) is 3.50. The van der Waals surface area contributed by atoms with E-state index in [4.69, 9.17) is 13.9 Å². The Morgan fingerprint density at radius 1 is 1.07 bits per heavy atom. The molecule has 0 aliphatic carbocycles. The van der Waals surface area contributed by atoms with Crippen LogP contribution in [0, 0.1) is 13.8 Å². The lowest BCUT2D eigenvalue weighted by Gasteiger charge is -2.19. The van der Waals surface area contributed by atoms with Crippen molar-refractivity contribution in [1.29, 1.82) is 0 Å². The van der Waals surface area contributed by atoms with Gasteiger partial charge in [0.2, 0.25) is 0 Å². The first-order valence-corrected chi connectivity index (χ1v) is 9.78. The van der Waals surface area contributed by atoms with Crippen LogP contribution in [0.4, 0.5) is 4.79 Å². The van der Waals surface area contributed by atoms with Gasteiger partial charge in [-0.15, -0.1) is 0 Å². The van der Waals surface area contributed by atoms with Crippen LogP contribution in [0.15, 0.2) is 27.4 Å². The van der Waals surface area contributed by atoms with Gasteiger partial charge in [0.15, 0.2) is 0 Å². The predicted molar refractivity (Wildman–Crippen MR) is 110 cm³/mol. The Hall–Kier alpha value is -2.83. The molecule has 1 N–H and O–H groups in total. The normalized spacial score (nSPS) is 11.3. The molecule has 0 unspecified atom stereocenters. The maximum atomic E-state index is 12.0. The molecular weight excluding hydrogens is 374 g/mol. The largest absolute Gasteiger partial charge is 0.444 e. The van der Waals surface area contributed by atoms with E-state index in [9.17, 15) is 14.4 Å². The smallest absolute Gasteiger partial charge is 0.407 e. The van der Waals surface area contributed by atoms with Gasteiger partial charge in [0, 0.05) is 30.0 Å². The molecule has 0 saturated carbocycles. The topological polar surface area (TPSA) is 94.8 Å². The summed E-state index contributed by atoms with van der Waals surface area (Å²) in [5.74, 6) is -0.00359. The molecule has 2 aromatic rings. The predicted octanol–water partition coefficient (Wildman–Crippen LogP) is 4.40. The first kappa shape index (κ1) is 22.5. The second kappa shape index (κ2) is 9.58. The fraction of sp³-hybridized carbons (Fsp3) is 0.500. The highest BCUT2D eigenvalue weighted by molar-refractivity contribution is 5.83. The Morgan fingerprint density at radius 3 is 2.48 bits per heavy atom. The lowest BCUT2D eigenvalue weighted by Crippen LogP contribution is -2.33. The fourth-order valence-corrected chi connectivity index (χ4v) is 2.75. The molecule has 0 aliphatic heterocycles. The lowest BCUT2D eigenvalue weighted by atomic mass is 10.1. The molecule has 7 heteroatoms. The van der Waals surface area contributed by atoms with Gasteiger partial charge in [-0.05, 0) is 65.2 Å². The summed E-state index contributed by atoms with van der Waals surface area (Å²) in [7, 11) is 0. The number of nitrogens with one attached hydrogen (secondary N) is 1. The average Bonchev–Trinajstić information content (AvgIpc) is 2.61. The van der Waals surface area contributed by atoms with Crippen molar-refractivity contribution in [2.45, 2.75) is 65.9 Å². The van der Waals surface area contributed by atoms with Crippen molar-refractivity contribution < 1.29 is 23.5 Å². The number of esters is 1. The van der Waals surface area contributed by atoms with E-state index in [2.05, 4.69) is 5.32 Å². The Balaban J connectivity index is 1.75. The molecule has 1 aromatic heterocycles. The molecule has 2 rings (SSSR count). The number of carbonyl (C=O) groups is 2. The monoisotopic (exact) mass is 403 g/mol. The highest BCUT2D eigenvalue weighted by Gasteiger charge is 2.15. The summed E-state index contributed by atoms with van der Waals surface area (Å²) < 4.78 is 15.8. The van der Waals surface area contributed by atoms with Gasteiger partial charge in [-0.25, -0.2) is 9.59 Å². The van der Waals surface area contributed by atoms with Crippen LogP contribution in [0.25, 0.3) is 11.0 Å². The molecule has 0 spiro atoms. The van der Waals surface area contributed by atoms with E-state index in [1.807, 2.05) is 27.7 Å². The molecule has 1 amide bonds. The summed E-state index contributed by atoms with van der Waals surface area (Å²) in [6.07, 6.45) is 1.99. The van der Waals surface area contributed by atoms with Crippen molar-refractivity contribution in [3.8, 4) is 5.75 Å². The molecule has 0 bridgehead atoms. The number of unbranched alkanes of at least 4 members (excludes halogenated alkanes) is 2. The van der Waals surface area contributed by atoms with Crippen molar-refractivity contribution in [1.82, 2.24) is 5.32 Å². The third-order valence-corrected chi connectivity index (χ3v) is 4.39. The van der Waals surface area contributed by atoms with Crippen molar-refractivity contribution >= 4 is 23.0 Å². The van der Waals surface area contributed by atoms with Crippen molar-refractivity contribution in [3.05, 3.63) is 39.7 Å². The van der Waals surface area contributed by atoms with Crippen LogP contribution >= 0.6 is 0 Å². The van der Waals surface area contributed by atoms with E-state index < -0.39 is 17.3 Å². The summed E-state index contributed by atoms with van der Waals surface area (Å²) in [6, 6.07) is 5.04. The van der Waals surface area contributed by atoms with E-state index >= 15 is 0 Å². The molecule has 7 nitrogen and oxygen atoms in total. The fourth-order valence-electron chi connectivity index (χ4n) is 2.75. The van der Waals surface area contributed by atoms with Gasteiger partial charge >= 0.3 is 17.7 Å².